The molecule has 0 aliphatic carbocycles. The highest BCUT2D eigenvalue weighted by atomic mass is 35.5. The van der Waals surface area contributed by atoms with Gasteiger partial charge < -0.3 is 48.9 Å². The molecular formula is C37H48ClN11O3S. The number of fused-ring (bicyclic) bond motifs is 3. The number of nitrogens with one attached hydrogen (secondary N) is 4. The smallest absolute Gasteiger partial charge is 0.245 e. The summed E-state index contributed by atoms with van der Waals surface area (Å²) in [6.45, 7) is 1.17. The molecule has 0 radical (unpaired) electrons. The van der Waals surface area contributed by atoms with Crippen molar-refractivity contribution >= 4 is 57.8 Å². The molecule has 1 aliphatic heterocycles. The second-order valence-corrected chi connectivity index (χ2v) is 14.4. The maximum atomic E-state index is 14.4. The second kappa shape index (κ2) is 18.9. The Labute approximate surface area is 318 Å². The van der Waals surface area contributed by atoms with E-state index in [9.17, 15) is 14.4 Å². The van der Waals surface area contributed by atoms with E-state index in [1.54, 1.807) is 25.4 Å². The Balaban J connectivity index is 1.61. The summed E-state index contributed by atoms with van der Waals surface area (Å²) in [4.78, 5) is 52.8. The van der Waals surface area contributed by atoms with Gasteiger partial charge in [0.1, 0.15) is 22.9 Å². The number of unbranched alkanes of at least 4 members (excludes halogenated alkanes) is 1. The first-order valence-electron chi connectivity index (χ1n) is 17.7. The predicted octanol–water partition coefficient (Wildman–Crippen LogP) is 2.46. The lowest BCUT2D eigenvalue weighted by atomic mass is 10.0. The molecule has 0 bridgehead atoms. The van der Waals surface area contributed by atoms with Crippen molar-refractivity contribution in [3.05, 3.63) is 88.2 Å². The highest BCUT2D eigenvalue weighted by molar-refractivity contribution is 7.99. The number of carbonyl (C=O) groups is 3. The third-order valence-corrected chi connectivity index (χ3v) is 11.0. The van der Waals surface area contributed by atoms with E-state index >= 15 is 0 Å². The zero-order valence-electron chi connectivity index (χ0n) is 29.7. The Morgan fingerprint density at radius 3 is 2.53 bits per heavy atom. The van der Waals surface area contributed by atoms with Crippen LogP contribution in [-0.2, 0) is 33.9 Å². The molecule has 0 unspecified atom stereocenters. The van der Waals surface area contributed by atoms with Gasteiger partial charge in [-0.05, 0) is 86.1 Å². The molecule has 0 spiro atoms. The van der Waals surface area contributed by atoms with Gasteiger partial charge in [0.15, 0.2) is 0 Å². The summed E-state index contributed by atoms with van der Waals surface area (Å²) < 4.78 is 0. The number of nitrogens with two attached hydrogens (primary N) is 4. The maximum absolute atomic E-state index is 14.4. The van der Waals surface area contributed by atoms with Crippen LogP contribution in [0.4, 0.5) is 0 Å². The van der Waals surface area contributed by atoms with E-state index < -0.39 is 24.0 Å². The number of hydrogen-bond donors (Lipinski definition) is 8. The molecule has 16 heteroatoms. The number of amides is 3. The normalized spacial score (nSPS) is 19.3. The molecule has 0 saturated carbocycles. The average Bonchev–Trinajstić information content (AvgIpc) is 3.58. The number of amidine groups is 1. The summed E-state index contributed by atoms with van der Waals surface area (Å²) >= 11 is 8.23. The zero-order valence-corrected chi connectivity index (χ0v) is 31.3. The average molecular weight is 762 g/mol. The first kappa shape index (κ1) is 39.5. The third-order valence-electron chi connectivity index (χ3n) is 9.38. The number of likely N-dealkylation sites (N-methyl/N-ethyl adjacent to an activating group) is 1. The van der Waals surface area contributed by atoms with E-state index in [4.69, 9.17) is 34.6 Å². The molecular weight excluding hydrogens is 714 g/mol. The van der Waals surface area contributed by atoms with Gasteiger partial charge in [0.25, 0.3) is 0 Å². The monoisotopic (exact) mass is 761 g/mol. The van der Waals surface area contributed by atoms with Crippen LogP contribution in [0.3, 0.4) is 0 Å². The van der Waals surface area contributed by atoms with Gasteiger partial charge in [-0.15, -0.1) is 0 Å². The van der Waals surface area contributed by atoms with E-state index in [2.05, 4.69) is 31.0 Å². The number of carbonyl (C=O) groups excluding carboxylic acids is 3. The zero-order chi connectivity index (χ0) is 37.9. The van der Waals surface area contributed by atoms with Crippen LogP contribution in [0.2, 0.25) is 5.02 Å². The molecule has 5 rings (SSSR count). The van der Waals surface area contributed by atoms with Gasteiger partial charge in [-0.2, -0.15) is 5.10 Å². The Hall–Kier alpha value is -4.67. The minimum Gasteiger partial charge on any atom is -0.382 e. The third kappa shape index (κ3) is 9.86. The summed E-state index contributed by atoms with van der Waals surface area (Å²) in [5.74, 6) is 4.47. The molecule has 282 valence electrons. The lowest BCUT2D eigenvalue weighted by Crippen LogP contribution is -2.57. The van der Waals surface area contributed by atoms with Crippen LogP contribution in [0.1, 0.15) is 54.4 Å². The van der Waals surface area contributed by atoms with Crippen molar-refractivity contribution in [3.8, 4) is 0 Å². The van der Waals surface area contributed by atoms with Crippen molar-refractivity contribution in [2.45, 2.75) is 79.7 Å². The van der Waals surface area contributed by atoms with E-state index in [1.807, 2.05) is 42.6 Å². The number of aromatic nitrogens is 2. The minimum atomic E-state index is -0.953. The minimum absolute atomic E-state index is 0.0389. The molecule has 2 aromatic heterocycles. The van der Waals surface area contributed by atoms with Crippen molar-refractivity contribution < 1.29 is 14.4 Å². The lowest BCUT2D eigenvalue weighted by Gasteiger charge is -2.32. The number of benzene rings is 2. The summed E-state index contributed by atoms with van der Waals surface area (Å²) in [6.07, 6.45) is 6.38. The van der Waals surface area contributed by atoms with Crippen LogP contribution in [0.25, 0.3) is 10.9 Å². The van der Waals surface area contributed by atoms with E-state index in [0.29, 0.717) is 77.8 Å². The fraction of sp³-hybridized carbons (Fsp3) is 0.378. The van der Waals surface area contributed by atoms with Crippen LogP contribution in [-0.4, -0.2) is 76.7 Å². The quantitative estimate of drug-likeness (QED) is 0.0386. The van der Waals surface area contributed by atoms with Gasteiger partial charge in [0.2, 0.25) is 17.7 Å². The molecule has 3 heterocycles. The molecule has 2 aromatic carbocycles. The topological polar surface area (TPSA) is 236 Å². The lowest BCUT2D eigenvalue weighted by molar-refractivity contribution is -0.142. The SMILES string of the molecule is CN1C(=O)[C@H](CCCCN)NC(=O)[C@H](CCCN)NCc2cccnc2Sc2c(Cl)cc(C(N)=NN)cc2CNC(=O)[C@@H]1Cc1c[nH]c2ccccc12. The molecule has 3 atom stereocenters. The number of H-pyrrole nitrogens is 1. The van der Waals surface area contributed by atoms with Gasteiger partial charge in [0, 0.05) is 60.3 Å². The van der Waals surface area contributed by atoms with Gasteiger partial charge in [-0.1, -0.05) is 47.6 Å². The van der Waals surface area contributed by atoms with Crippen LogP contribution < -0.4 is 39.0 Å². The van der Waals surface area contributed by atoms with Crippen molar-refractivity contribution in [2.75, 3.05) is 20.1 Å². The van der Waals surface area contributed by atoms with Crippen molar-refractivity contribution in [3.63, 3.8) is 0 Å². The van der Waals surface area contributed by atoms with Crippen molar-refractivity contribution in [1.29, 1.82) is 0 Å². The fourth-order valence-corrected chi connectivity index (χ4v) is 7.73. The molecule has 14 nitrogen and oxygen atoms in total. The van der Waals surface area contributed by atoms with Crippen molar-refractivity contribution in [1.82, 2.24) is 30.8 Å². The Morgan fingerprint density at radius 2 is 1.75 bits per heavy atom. The van der Waals surface area contributed by atoms with Crippen LogP contribution in [0.5, 0.6) is 0 Å². The van der Waals surface area contributed by atoms with Crippen LogP contribution >= 0.6 is 23.4 Å². The molecule has 0 saturated heterocycles. The molecule has 4 aromatic rings. The van der Waals surface area contributed by atoms with Gasteiger partial charge in [0.05, 0.1) is 11.1 Å². The first-order valence-corrected chi connectivity index (χ1v) is 18.9. The van der Waals surface area contributed by atoms with E-state index in [0.717, 1.165) is 22.0 Å². The summed E-state index contributed by atoms with van der Waals surface area (Å²) in [6, 6.07) is 12.4. The Morgan fingerprint density at radius 1 is 0.981 bits per heavy atom. The summed E-state index contributed by atoms with van der Waals surface area (Å²) in [5.41, 5.74) is 21.5. The number of aromatic amines is 1. The van der Waals surface area contributed by atoms with Crippen LogP contribution in [0.15, 0.2) is 75.9 Å². The summed E-state index contributed by atoms with van der Waals surface area (Å²) in [5, 5.41) is 15.1. The number of nitrogens with zero attached hydrogens (tertiary/aromatic N) is 3. The standard InChI is InChI=1S/C37H48ClN11O3S/c1-49-31(18-24-20-44-28-10-3-2-9-26(24)28)35(51)46-21-25-16-23(33(41)48-42)17-27(38)32(25)53-36-22(8-7-15-43-36)19-45-29(12-6-14-40)34(50)47-30(37(49)52)11-4-5-13-39/h2-3,7-10,15-17,20,29-31,44-45H,4-6,11-14,18-19,21,39-40,42H2,1H3,(H2,41,48)(H,46,51)(H,47,50)/t29-,30-,31-/m0/s1. The summed E-state index contributed by atoms with van der Waals surface area (Å²) in [7, 11) is 1.60. The van der Waals surface area contributed by atoms with Gasteiger partial charge in [-0.3, -0.25) is 14.4 Å². The second-order valence-electron chi connectivity index (χ2n) is 13.0. The number of hydrazone groups is 1. The molecule has 12 N–H and O–H groups in total. The fourth-order valence-electron chi connectivity index (χ4n) is 6.38. The molecule has 1 aliphatic rings. The first-order chi connectivity index (χ1) is 25.6. The number of para-hydroxylation sites is 1. The number of pyridine rings is 1. The van der Waals surface area contributed by atoms with E-state index in [1.165, 1.54) is 16.7 Å². The number of hydrogen-bond acceptors (Lipinski definition) is 10. The maximum Gasteiger partial charge on any atom is 0.245 e. The predicted molar refractivity (Wildman–Crippen MR) is 209 cm³/mol. The van der Waals surface area contributed by atoms with Crippen molar-refractivity contribution in [2.24, 2.45) is 28.1 Å². The van der Waals surface area contributed by atoms with Gasteiger partial charge in [-0.25, -0.2) is 4.98 Å². The number of rotatable bonds is 10. The number of halogens is 1. The highest BCUT2D eigenvalue weighted by Crippen LogP contribution is 2.38. The van der Waals surface area contributed by atoms with Crippen LogP contribution in [0, 0.1) is 0 Å². The molecule has 3 amide bonds. The van der Waals surface area contributed by atoms with Gasteiger partial charge >= 0.3 is 0 Å². The Kier molecular flexibility index (Phi) is 14.1. The van der Waals surface area contributed by atoms with E-state index in [-0.39, 0.29) is 30.6 Å². The molecule has 0 fully saturated rings. The Bertz CT molecular complexity index is 1940. The molecule has 53 heavy (non-hydrogen) atoms. The highest BCUT2D eigenvalue weighted by Gasteiger charge is 2.34. The largest absolute Gasteiger partial charge is 0.382 e.